The first-order valence-electron chi connectivity index (χ1n) is 4.01. The summed E-state index contributed by atoms with van der Waals surface area (Å²) in [4.78, 5) is 10.6. The highest BCUT2D eigenvalue weighted by Crippen LogP contribution is 2.25. The number of carboxylic acids is 1. The molecule has 1 heterocycles. The molecule has 72 valence electrons. The average molecular weight is 194 g/mol. The zero-order valence-electron chi connectivity index (χ0n) is 7.37. The van der Waals surface area contributed by atoms with Crippen molar-refractivity contribution in [3.8, 4) is 0 Å². The molecule has 1 aromatic carbocycles. The Morgan fingerprint density at radius 2 is 2.21 bits per heavy atom. The zero-order chi connectivity index (χ0) is 10.3. The van der Waals surface area contributed by atoms with E-state index in [1.54, 1.807) is 13.0 Å². The van der Waals surface area contributed by atoms with Gasteiger partial charge in [-0.2, -0.15) is 0 Å². The number of carbonyl (C=O) groups is 1. The molecule has 0 saturated heterocycles. The highest BCUT2D eigenvalue weighted by molar-refractivity contribution is 5.92. The van der Waals surface area contributed by atoms with Crippen LogP contribution in [0.2, 0.25) is 0 Å². The van der Waals surface area contributed by atoms with Crippen molar-refractivity contribution in [3.63, 3.8) is 0 Å². The second-order valence-electron chi connectivity index (χ2n) is 3.02. The quantitative estimate of drug-likeness (QED) is 0.758. The molecule has 2 rings (SSSR count). The lowest BCUT2D eigenvalue weighted by atomic mass is 10.1. The van der Waals surface area contributed by atoms with Crippen LogP contribution >= 0.6 is 0 Å². The molecule has 0 atom stereocenters. The van der Waals surface area contributed by atoms with Gasteiger partial charge in [0, 0.05) is 5.39 Å². The summed E-state index contributed by atoms with van der Waals surface area (Å²) in [6.45, 7) is 1.77. The summed E-state index contributed by atoms with van der Waals surface area (Å²) in [5.74, 6) is -1.98. The van der Waals surface area contributed by atoms with Crippen molar-refractivity contribution >= 4 is 16.9 Å². The Balaban J connectivity index is 2.82. The van der Waals surface area contributed by atoms with E-state index < -0.39 is 11.8 Å². The SMILES string of the molecule is Cc1ccc(F)c2oc(C(=O)O)cc12. The van der Waals surface area contributed by atoms with Crippen molar-refractivity contribution in [2.24, 2.45) is 0 Å². The number of benzene rings is 1. The van der Waals surface area contributed by atoms with E-state index in [0.29, 0.717) is 5.39 Å². The molecule has 1 N–H and O–H groups in total. The van der Waals surface area contributed by atoms with E-state index in [4.69, 9.17) is 9.52 Å². The Morgan fingerprint density at radius 1 is 1.50 bits per heavy atom. The van der Waals surface area contributed by atoms with Gasteiger partial charge in [-0.3, -0.25) is 0 Å². The molecule has 0 saturated carbocycles. The first-order valence-corrected chi connectivity index (χ1v) is 4.01. The smallest absolute Gasteiger partial charge is 0.371 e. The third kappa shape index (κ3) is 1.16. The summed E-state index contributed by atoms with van der Waals surface area (Å²) < 4.78 is 18.0. The van der Waals surface area contributed by atoms with Crippen LogP contribution in [0.3, 0.4) is 0 Å². The molecule has 0 aliphatic heterocycles. The van der Waals surface area contributed by atoms with E-state index >= 15 is 0 Å². The predicted octanol–water partition coefficient (Wildman–Crippen LogP) is 2.58. The minimum atomic E-state index is -1.19. The summed E-state index contributed by atoms with van der Waals surface area (Å²) in [5, 5.41) is 9.15. The number of hydrogen-bond donors (Lipinski definition) is 1. The molecule has 14 heavy (non-hydrogen) atoms. The van der Waals surface area contributed by atoms with Crippen LogP contribution in [0.1, 0.15) is 16.1 Å². The van der Waals surface area contributed by atoms with Crippen LogP contribution in [0.15, 0.2) is 22.6 Å². The Kier molecular flexibility index (Phi) is 1.77. The number of furan rings is 1. The maximum Gasteiger partial charge on any atom is 0.371 e. The molecule has 0 unspecified atom stereocenters. The normalized spacial score (nSPS) is 10.7. The van der Waals surface area contributed by atoms with Gasteiger partial charge in [0.05, 0.1) is 0 Å². The fourth-order valence-corrected chi connectivity index (χ4v) is 1.33. The highest BCUT2D eigenvalue weighted by Gasteiger charge is 2.14. The number of halogens is 1. The molecular formula is C10H7FO3. The third-order valence-corrected chi connectivity index (χ3v) is 2.06. The molecule has 4 heteroatoms. The first-order chi connectivity index (χ1) is 6.59. The van der Waals surface area contributed by atoms with Crippen LogP contribution in [-0.4, -0.2) is 11.1 Å². The van der Waals surface area contributed by atoms with Crippen molar-refractivity contribution in [1.82, 2.24) is 0 Å². The molecule has 0 radical (unpaired) electrons. The number of aryl methyl sites for hydroxylation is 1. The molecule has 0 aliphatic rings. The van der Waals surface area contributed by atoms with Gasteiger partial charge in [-0.15, -0.1) is 0 Å². The van der Waals surface area contributed by atoms with Crippen molar-refractivity contribution in [3.05, 3.63) is 35.3 Å². The Bertz CT molecular complexity index is 474. The van der Waals surface area contributed by atoms with Crippen LogP contribution in [0.4, 0.5) is 4.39 Å². The fourth-order valence-electron chi connectivity index (χ4n) is 1.33. The molecule has 0 fully saturated rings. The summed E-state index contributed by atoms with van der Waals surface area (Å²) in [6, 6.07) is 4.17. The Hall–Kier alpha value is -1.84. The van der Waals surface area contributed by atoms with E-state index in [9.17, 15) is 9.18 Å². The lowest BCUT2D eigenvalue weighted by Crippen LogP contribution is -1.91. The Labute approximate surface area is 78.8 Å². The molecule has 1 aromatic heterocycles. The summed E-state index contributed by atoms with van der Waals surface area (Å²) >= 11 is 0. The van der Waals surface area contributed by atoms with Crippen molar-refractivity contribution in [2.45, 2.75) is 6.92 Å². The van der Waals surface area contributed by atoms with Gasteiger partial charge in [0.15, 0.2) is 11.4 Å². The minimum Gasteiger partial charge on any atom is -0.475 e. The summed E-state index contributed by atoms with van der Waals surface area (Å²) in [5.41, 5.74) is 0.792. The van der Waals surface area contributed by atoms with Gasteiger partial charge < -0.3 is 9.52 Å². The minimum absolute atomic E-state index is 0.00222. The van der Waals surface area contributed by atoms with E-state index in [1.807, 2.05) is 0 Å². The van der Waals surface area contributed by atoms with E-state index in [-0.39, 0.29) is 11.3 Å². The van der Waals surface area contributed by atoms with Crippen LogP contribution < -0.4 is 0 Å². The van der Waals surface area contributed by atoms with Gasteiger partial charge in [-0.1, -0.05) is 6.07 Å². The lowest BCUT2D eigenvalue weighted by molar-refractivity contribution is 0.0665. The van der Waals surface area contributed by atoms with Gasteiger partial charge in [-0.05, 0) is 24.6 Å². The highest BCUT2D eigenvalue weighted by atomic mass is 19.1. The Morgan fingerprint density at radius 3 is 2.79 bits per heavy atom. The van der Waals surface area contributed by atoms with Crippen molar-refractivity contribution in [2.75, 3.05) is 0 Å². The topological polar surface area (TPSA) is 50.4 Å². The molecular weight excluding hydrogens is 187 g/mol. The number of carboxylic acid groups (broad SMARTS) is 1. The lowest BCUT2D eigenvalue weighted by Gasteiger charge is -1.93. The van der Waals surface area contributed by atoms with Crippen molar-refractivity contribution < 1.29 is 18.7 Å². The van der Waals surface area contributed by atoms with Gasteiger partial charge in [0.25, 0.3) is 0 Å². The fraction of sp³-hybridized carbons (Fsp3) is 0.100. The van der Waals surface area contributed by atoms with Crippen LogP contribution in [0.25, 0.3) is 11.0 Å². The number of aromatic carboxylic acids is 1. The van der Waals surface area contributed by atoms with E-state index in [2.05, 4.69) is 0 Å². The molecule has 0 spiro atoms. The van der Waals surface area contributed by atoms with Gasteiger partial charge in [0.1, 0.15) is 0 Å². The number of fused-ring (bicyclic) bond motifs is 1. The number of hydrogen-bond acceptors (Lipinski definition) is 2. The zero-order valence-corrected chi connectivity index (χ0v) is 7.37. The van der Waals surface area contributed by atoms with Gasteiger partial charge in [0.2, 0.25) is 5.76 Å². The second-order valence-corrected chi connectivity index (χ2v) is 3.02. The van der Waals surface area contributed by atoms with Gasteiger partial charge >= 0.3 is 5.97 Å². The summed E-state index contributed by atoms with van der Waals surface area (Å²) in [7, 11) is 0. The predicted molar refractivity (Wildman–Crippen MR) is 47.9 cm³/mol. The largest absolute Gasteiger partial charge is 0.475 e. The van der Waals surface area contributed by atoms with Gasteiger partial charge in [-0.25, -0.2) is 9.18 Å². The standard InChI is InChI=1S/C10H7FO3/c1-5-2-3-7(11)9-6(5)4-8(14-9)10(12)13/h2-4H,1H3,(H,12,13). The maximum absolute atomic E-state index is 13.2. The molecule has 3 nitrogen and oxygen atoms in total. The first kappa shape index (κ1) is 8.74. The van der Waals surface area contributed by atoms with Crippen molar-refractivity contribution in [1.29, 1.82) is 0 Å². The van der Waals surface area contributed by atoms with E-state index in [0.717, 1.165) is 5.56 Å². The summed E-state index contributed by atoms with van der Waals surface area (Å²) in [6.07, 6.45) is 0. The number of rotatable bonds is 1. The molecule has 0 aliphatic carbocycles. The molecule has 0 bridgehead atoms. The second kappa shape index (κ2) is 2.83. The maximum atomic E-state index is 13.2. The van der Waals surface area contributed by atoms with Crippen LogP contribution in [0, 0.1) is 12.7 Å². The molecule has 0 amide bonds. The van der Waals surface area contributed by atoms with Crippen LogP contribution in [-0.2, 0) is 0 Å². The monoisotopic (exact) mass is 194 g/mol. The van der Waals surface area contributed by atoms with Crippen LogP contribution in [0.5, 0.6) is 0 Å². The molecule has 2 aromatic rings. The van der Waals surface area contributed by atoms with E-state index in [1.165, 1.54) is 12.1 Å². The average Bonchev–Trinajstić information content (AvgIpc) is 2.57. The third-order valence-electron chi connectivity index (χ3n) is 2.06.